The number of sulfonamides is 1. The second-order valence-electron chi connectivity index (χ2n) is 6.46. The highest BCUT2D eigenvalue weighted by molar-refractivity contribution is 7.89. The molecule has 0 saturated heterocycles. The van der Waals surface area contributed by atoms with Crippen LogP contribution in [0.15, 0.2) is 70.0 Å². The molecular weight excluding hydrogens is 364 g/mol. The Hall–Kier alpha value is -2.48. The maximum atomic E-state index is 13.2. The van der Waals surface area contributed by atoms with Gasteiger partial charge in [-0.1, -0.05) is 36.4 Å². The van der Waals surface area contributed by atoms with Gasteiger partial charge in [0.2, 0.25) is 15.9 Å². The molecule has 6 nitrogen and oxygen atoms in total. The van der Waals surface area contributed by atoms with E-state index in [-0.39, 0.29) is 11.4 Å². The van der Waals surface area contributed by atoms with Crippen molar-refractivity contribution in [3.63, 3.8) is 0 Å². The number of ether oxygens (including phenoxy) is 1. The smallest absolute Gasteiger partial charge is 0.243 e. The summed E-state index contributed by atoms with van der Waals surface area (Å²) in [5.41, 5.74) is 1.42. The zero-order valence-corrected chi connectivity index (χ0v) is 15.9. The zero-order chi connectivity index (χ0) is 19.0. The first-order valence-corrected chi connectivity index (χ1v) is 10.1. The number of oxazole rings is 1. The van der Waals surface area contributed by atoms with Crippen LogP contribution in [0.4, 0.5) is 0 Å². The van der Waals surface area contributed by atoms with E-state index in [1.54, 1.807) is 37.4 Å². The third-order valence-electron chi connectivity index (χ3n) is 4.81. The van der Waals surface area contributed by atoms with Crippen molar-refractivity contribution in [3.05, 3.63) is 72.1 Å². The van der Waals surface area contributed by atoms with Gasteiger partial charge in [-0.3, -0.25) is 0 Å². The molecule has 0 radical (unpaired) electrons. The minimum absolute atomic E-state index is 0.143. The Morgan fingerprint density at radius 2 is 1.70 bits per heavy atom. The highest BCUT2D eigenvalue weighted by Crippen LogP contribution is 2.38. The molecule has 0 spiro atoms. The number of benzene rings is 2. The highest BCUT2D eigenvalue weighted by Gasteiger charge is 2.42. The molecule has 0 bridgehead atoms. The largest absolute Gasteiger partial charge is 0.438 e. The summed E-state index contributed by atoms with van der Waals surface area (Å²) >= 11 is 0. The first-order chi connectivity index (χ1) is 13.0. The summed E-state index contributed by atoms with van der Waals surface area (Å²) in [4.78, 5) is 4.81. The van der Waals surface area contributed by atoms with E-state index >= 15 is 0 Å². The average Bonchev–Trinajstić information content (AvgIpc) is 3.13. The van der Waals surface area contributed by atoms with Gasteiger partial charge in [-0.2, -0.15) is 4.31 Å². The molecule has 140 valence electrons. The van der Waals surface area contributed by atoms with Gasteiger partial charge < -0.3 is 9.15 Å². The number of fused-ring (bicyclic) bond motifs is 1. The van der Waals surface area contributed by atoms with E-state index in [1.165, 1.54) is 4.31 Å². The normalized spacial score (nSPS) is 20.4. The molecule has 1 aromatic heterocycles. The van der Waals surface area contributed by atoms with Crippen LogP contribution in [0.2, 0.25) is 0 Å². The van der Waals surface area contributed by atoms with E-state index in [0.29, 0.717) is 17.3 Å². The second-order valence-corrected chi connectivity index (χ2v) is 8.35. The molecule has 2 atom stereocenters. The molecule has 2 heterocycles. The van der Waals surface area contributed by atoms with Crippen LogP contribution in [-0.2, 0) is 21.3 Å². The predicted molar refractivity (Wildman–Crippen MR) is 100 cm³/mol. The highest BCUT2D eigenvalue weighted by atomic mass is 32.2. The predicted octanol–water partition coefficient (Wildman–Crippen LogP) is 3.62. The molecule has 1 aliphatic heterocycles. The average molecular weight is 384 g/mol. The lowest BCUT2D eigenvalue weighted by atomic mass is 10.0. The lowest BCUT2D eigenvalue weighted by Crippen LogP contribution is -2.45. The summed E-state index contributed by atoms with van der Waals surface area (Å²) in [6, 6.07) is 17.5. The monoisotopic (exact) mass is 384 g/mol. The lowest BCUT2D eigenvalue weighted by molar-refractivity contribution is 0.0191. The van der Waals surface area contributed by atoms with Crippen molar-refractivity contribution < 1.29 is 17.6 Å². The van der Waals surface area contributed by atoms with Crippen LogP contribution >= 0.6 is 0 Å². The van der Waals surface area contributed by atoms with Gasteiger partial charge in [0, 0.05) is 12.7 Å². The number of hydrogen-bond donors (Lipinski definition) is 0. The number of rotatable bonds is 4. The van der Waals surface area contributed by atoms with Crippen LogP contribution in [0.1, 0.15) is 24.5 Å². The molecule has 0 saturated carbocycles. The van der Waals surface area contributed by atoms with Crippen molar-refractivity contribution in [1.29, 1.82) is 0 Å². The van der Waals surface area contributed by atoms with Crippen LogP contribution in [-0.4, -0.2) is 30.9 Å². The van der Waals surface area contributed by atoms with Gasteiger partial charge in [0.25, 0.3) is 0 Å². The molecule has 0 unspecified atom stereocenters. The first-order valence-electron chi connectivity index (χ1n) is 8.67. The van der Waals surface area contributed by atoms with Gasteiger partial charge in [-0.15, -0.1) is 0 Å². The van der Waals surface area contributed by atoms with Gasteiger partial charge in [-0.25, -0.2) is 13.4 Å². The van der Waals surface area contributed by atoms with Crippen molar-refractivity contribution in [2.24, 2.45) is 0 Å². The standard InChI is InChI=1S/C20H20N2O4S/c1-14-18(25-2)19-17(21-20(26-19)15-9-5-3-6-10-15)13-22(14)27(23,24)16-11-7-4-8-12-16/h3-12,14,18H,13H2,1-2H3/t14-,18+/m0/s1. The summed E-state index contributed by atoms with van der Waals surface area (Å²) in [6.07, 6.45) is -0.530. The van der Waals surface area contributed by atoms with Crippen LogP contribution in [0.5, 0.6) is 0 Å². The van der Waals surface area contributed by atoms with E-state index in [4.69, 9.17) is 9.15 Å². The zero-order valence-electron chi connectivity index (χ0n) is 15.1. The van der Waals surface area contributed by atoms with Crippen LogP contribution in [0.25, 0.3) is 11.5 Å². The van der Waals surface area contributed by atoms with Crippen LogP contribution in [0, 0.1) is 0 Å². The minimum Gasteiger partial charge on any atom is -0.438 e. The molecule has 0 aliphatic carbocycles. The molecule has 0 N–H and O–H groups in total. The van der Waals surface area contributed by atoms with E-state index in [1.807, 2.05) is 37.3 Å². The minimum atomic E-state index is -3.68. The van der Waals surface area contributed by atoms with Crippen molar-refractivity contribution in [2.75, 3.05) is 7.11 Å². The van der Waals surface area contributed by atoms with Crippen molar-refractivity contribution in [1.82, 2.24) is 9.29 Å². The van der Waals surface area contributed by atoms with E-state index in [0.717, 1.165) is 5.56 Å². The lowest BCUT2D eigenvalue weighted by Gasteiger charge is -2.35. The Morgan fingerprint density at radius 3 is 2.33 bits per heavy atom. The molecule has 0 amide bonds. The Labute approximate surface area is 158 Å². The topological polar surface area (TPSA) is 72.6 Å². The van der Waals surface area contributed by atoms with Gasteiger partial charge >= 0.3 is 0 Å². The van der Waals surface area contributed by atoms with Crippen LogP contribution < -0.4 is 0 Å². The summed E-state index contributed by atoms with van der Waals surface area (Å²) < 4.78 is 39.3. The third-order valence-corrected chi connectivity index (χ3v) is 6.76. The molecular formula is C20H20N2O4S. The van der Waals surface area contributed by atoms with Crippen molar-refractivity contribution >= 4 is 10.0 Å². The Bertz CT molecular complexity index is 1030. The Morgan fingerprint density at radius 1 is 1.07 bits per heavy atom. The van der Waals surface area contributed by atoms with Gasteiger partial charge in [0.05, 0.1) is 17.5 Å². The maximum absolute atomic E-state index is 13.2. The van der Waals surface area contributed by atoms with Crippen molar-refractivity contribution in [2.45, 2.75) is 30.5 Å². The molecule has 2 aromatic carbocycles. The summed E-state index contributed by atoms with van der Waals surface area (Å²) in [7, 11) is -2.13. The summed E-state index contributed by atoms with van der Waals surface area (Å²) in [6.45, 7) is 1.96. The maximum Gasteiger partial charge on any atom is 0.243 e. The van der Waals surface area contributed by atoms with Crippen LogP contribution in [0.3, 0.4) is 0 Å². The molecule has 0 fully saturated rings. The molecule has 27 heavy (non-hydrogen) atoms. The molecule has 4 rings (SSSR count). The summed E-state index contributed by atoms with van der Waals surface area (Å²) in [5, 5.41) is 0. The number of methoxy groups -OCH3 is 1. The quantitative estimate of drug-likeness (QED) is 0.687. The van der Waals surface area contributed by atoms with Gasteiger partial charge in [-0.05, 0) is 31.2 Å². The number of aromatic nitrogens is 1. The molecule has 1 aliphatic rings. The second kappa shape index (κ2) is 6.92. The fraction of sp³-hybridized carbons (Fsp3) is 0.250. The van der Waals surface area contributed by atoms with E-state index in [2.05, 4.69) is 4.98 Å². The first kappa shape index (κ1) is 17.9. The fourth-order valence-corrected chi connectivity index (χ4v) is 5.01. The number of hydrogen-bond acceptors (Lipinski definition) is 5. The summed E-state index contributed by atoms with van der Waals surface area (Å²) in [5.74, 6) is 1.05. The fourth-order valence-electron chi connectivity index (χ4n) is 3.40. The van der Waals surface area contributed by atoms with Gasteiger partial charge in [0.15, 0.2) is 5.76 Å². The number of nitrogens with zero attached hydrogens (tertiary/aromatic N) is 2. The SMILES string of the molecule is CO[C@H]1c2oc(-c3ccccc3)nc2CN(S(=O)(=O)c2ccccc2)[C@H]1C. The Kier molecular flexibility index (Phi) is 4.59. The van der Waals surface area contributed by atoms with E-state index in [9.17, 15) is 8.42 Å². The van der Waals surface area contributed by atoms with E-state index < -0.39 is 22.2 Å². The van der Waals surface area contributed by atoms with Gasteiger partial charge in [0.1, 0.15) is 11.8 Å². The molecule has 7 heteroatoms. The van der Waals surface area contributed by atoms with Crippen molar-refractivity contribution in [3.8, 4) is 11.5 Å². The Balaban J connectivity index is 1.77. The molecule has 3 aromatic rings. The third kappa shape index (κ3) is 3.07.